The van der Waals surface area contributed by atoms with E-state index in [1.807, 2.05) is 0 Å². The molecular formula is C24H30N2O10. The number of rotatable bonds is 9. The molecule has 2 aromatic carbocycles. The van der Waals surface area contributed by atoms with Crippen LogP contribution in [0.5, 0.6) is 11.5 Å². The maximum absolute atomic E-state index is 12.7. The van der Waals surface area contributed by atoms with Crippen molar-refractivity contribution in [3.8, 4) is 11.5 Å². The Labute approximate surface area is 206 Å². The summed E-state index contributed by atoms with van der Waals surface area (Å²) in [5.41, 5.74) is 13.1. The van der Waals surface area contributed by atoms with E-state index in [4.69, 9.17) is 25.7 Å². The molecule has 0 bridgehead atoms. The molecule has 0 amide bonds. The Kier molecular flexibility index (Phi) is 9.20. The van der Waals surface area contributed by atoms with Gasteiger partial charge in [0.2, 0.25) is 0 Å². The summed E-state index contributed by atoms with van der Waals surface area (Å²) in [5.74, 6) is -1.86. The minimum Gasteiger partial charge on any atom is -0.508 e. The molecule has 12 heteroatoms. The molecule has 1 unspecified atom stereocenters. The third kappa shape index (κ3) is 6.91. The van der Waals surface area contributed by atoms with Gasteiger partial charge in [-0.2, -0.15) is 0 Å². The van der Waals surface area contributed by atoms with Crippen molar-refractivity contribution >= 4 is 11.9 Å². The van der Waals surface area contributed by atoms with Crippen LogP contribution in [0.15, 0.2) is 48.5 Å². The molecule has 12 nitrogen and oxygen atoms in total. The minimum absolute atomic E-state index is 0.0341. The monoisotopic (exact) mass is 506 g/mol. The molecule has 3 rings (SSSR count). The fraction of sp³-hybridized carbons (Fsp3) is 0.417. The van der Waals surface area contributed by atoms with E-state index >= 15 is 0 Å². The largest absolute Gasteiger partial charge is 0.508 e. The second-order valence-electron chi connectivity index (χ2n) is 8.50. The van der Waals surface area contributed by atoms with Crippen molar-refractivity contribution < 1.29 is 49.3 Å². The first kappa shape index (κ1) is 27.3. The van der Waals surface area contributed by atoms with Gasteiger partial charge in [-0.05, 0) is 48.2 Å². The van der Waals surface area contributed by atoms with Crippen LogP contribution in [0.1, 0.15) is 11.1 Å². The summed E-state index contributed by atoms with van der Waals surface area (Å²) < 4.78 is 15.7. The zero-order valence-corrected chi connectivity index (χ0v) is 19.2. The topological polar surface area (TPSA) is 215 Å². The van der Waals surface area contributed by atoms with Gasteiger partial charge < -0.3 is 51.2 Å². The van der Waals surface area contributed by atoms with Gasteiger partial charge in [0.05, 0.1) is 6.61 Å². The molecule has 1 saturated heterocycles. The van der Waals surface area contributed by atoms with Crippen LogP contribution in [-0.2, 0) is 36.6 Å². The fourth-order valence-electron chi connectivity index (χ4n) is 3.70. The number of benzene rings is 2. The number of esters is 2. The molecule has 1 heterocycles. The zero-order valence-electron chi connectivity index (χ0n) is 19.2. The van der Waals surface area contributed by atoms with Gasteiger partial charge in [-0.3, -0.25) is 9.59 Å². The molecule has 196 valence electrons. The normalized spacial score (nSPS) is 25.5. The number of hydrogen-bond donors (Lipinski definition) is 7. The first-order valence-electron chi connectivity index (χ1n) is 11.2. The molecule has 1 fully saturated rings. The van der Waals surface area contributed by atoms with Gasteiger partial charge in [0.25, 0.3) is 0 Å². The minimum atomic E-state index is -1.85. The van der Waals surface area contributed by atoms with Crippen LogP contribution in [-0.4, -0.2) is 86.9 Å². The number of phenolic OH excluding ortho intramolecular Hbond substituents is 2. The second-order valence-corrected chi connectivity index (χ2v) is 8.50. The van der Waals surface area contributed by atoms with Crippen molar-refractivity contribution in [2.45, 2.75) is 55.6 Å². The molecule has 2 aromatic rings. The van der Waals surface area contributed by atoms with E-state index in [1.54, 1.807) is 24.3 Å². The number of carbonyl (C=O) groups excluding carboxylic acids is 2. The van der Waals surface area contributed by atoms with Crippen LogP contribution < -0.4 is 11.5 Å². The predicted molar refractivity (Wildman–Crippen MR) is 123 cm³/mol. The van der Waals surface area contributed by atoms with Gasteiger partial charge in [-0.1, -0.05) is 24.3 Å². The molecule has 36 heavy (non-hydrogen) atoms. The van der Waals surface area contributed by atoms with Crippen molar-refractivity contribution in [3.63, 3.8) is 0 Å². The molecule has 0 aliphatic carbocycles. The molecular weight excluding hydrogens is 476 g/mol. The number of ether oxygens (including phenoxy) is 3. The third-order valence-electron chi connectivity index (χ3n) is 5.71. The van der Waals surface area contributed by atoms with Gasteiger partial charge >= 0.3 is 11.9 Å². The Morgan fingerprint density at radius 2 is 1.22 bits per heavy atom. The maximum atomic E-state index is 12.7. The van der Waals surface area contributed by atoms with Gasteiger partial charge in [-0.15, -0.1) is 0 Å². The number of phenols is 2. The van der Waals surface area contributed by atoms with Crippen molar-refractivity contribution in [1.82, 2.24) is 0 Å². The van der Waals surface area contributed by atoms with Crippen molar-refractivity contribution in [2.75, 3.05) is 6.61 Å². The first-order valence-corrected chi connectivity index (χ1v) is 11.2. The van der Waals surface area contributed by atoms with E-state index in [-0.39, 0.29) is 24.3 Å². The fourth-order valence-corrected chi connectivity index (χ4v) is 3.70. The van der Waals surface area contributed by atoms with Gasteiger partial charge in [-0.25, -0.2) is 0 Å². The number of aromatic hydroxyl groups is 2. The molecule has 0 radical (unpaired) electrons. The number of nitrogens with two attached hydrogens (primary N) is 2. The lowest BCUT2D eigenvalue weighted by molar-refractivity contribution is -0.294. The lowest BCUT2D eigenvalue weighted by Gasteiger charge is -2.41. The average Bonchev–Trinajstić information content (AvgIpc) is 2.85. The molecule has 0 aromatic heterocycles. The number of hydrogen-bond acceptors (Lipinski definition) is 12. The Hall–Kier alpha value is -3.26. The van der Waals surface area contributed by atoms with Crippen molar-refractivity contribution in [2.24, 2.45) is 11.5 Å². The van der Waals surface area contributed by atoms with Crippen LogP contribution in [0.2, 0.25) is 0 Å². The summed E-state index contributed by atoms with van der Waals surface area (Å²) in [7, 11) is 0. The van der Waals surface area contributed by atoms with Gasteiger partial charge in [0.1, 0.15) is 35.8 Å². The second kappa shape index (κ2) is 12.1. The summed E-state index contributed by atoms with van der Waals surface area (Å²) in [6, 6.07) is 9.58. The van der Waals surface area contributed by atoms with Crippen molar-refractivity contribution in [3.05, 3.63) is 59.7 Å². The Balaban J connectivity index is 1.69. The number of aliphatic hydroxyl groups is 3. The van der Waals surface area contributed by atoms with Crippen LogP contribution in [0, 0.1) is 0 Å². The van der Waals surface area contributed by atoms with Crippen molar-refractivity contribution in [1.29, 1.82) is 0 Å². The predicted octanol–water partition coefficient (Wildman–Crippen LogP) is -1.57. The summed E-state index contributed by atoms with van der Waals surface area (Å²) in [5, 5.41) is 49.2. The Bertz CT molecular complexity index is 1020. The quantitative estimate of drug-likeness (QED) is 0.192. The number of aliphatic hydroxyl groups excluding tert-OH is 3. The van der Waals surface area contributed by atoms with E-state index in [0.717, 1.165) is 0 Å². The summed E-state index contributed by atoms with van der Waals surface area (Å²) >= 11 is 0. The highest BCUT2D eigenvalue weighted by atomic mass is 16.7. The van der Waals surface area contributed by atoms with E-state index in [2.05, 4.69) is 0 Å². The SMILES string of the molecule is N[C@@H](Cc1ccc(O)cc1)C(=O)O[C@H]1[C@H](O)[C@@H](CO)OC(O)[C@@H]1OC(=O)[C@@H](N)Cc1ccc(O)cc1. The van der Waals surface area contributed by atoms with E-state index in [0.29, 0.717) is 11.1 Å². The first-order chi connectivity index (χ1) is 17.1. The molecule has 9 N–H and O–H groups in total. The third-order valence-corrected chi connectivity index (χ3v) is 5.71. The molecule has 0 saturated carbocycles. The molecule has 1 aliphatic rings. The average molecular weight is 507 g/mol. The van der Waals surface area contributed by atoms with Crippen LogP contribution in [0.25, 0.3) is 0 Å². The highest BCUT2D eigenvalue weighted by molar-refractivity contribution is 5.77. The van der Waals surface area contributed by atoms with E-state index in [9.17, 15) is 35.1 Å². The van der Waals surface area contributed by atoms with Gasteiger partial charge in [0.15, 0.2) is 18.5 Å². The molecule has 7 atom stereocenters. The zero-order chi connectivity index (χ0) is 26.4. The standard InChI is InChI=1S/C24H30N2O10/c25-16(9-12-1-5-14(28)6-2-12)22(31)35-20-19(30)18(11-27)34-24(33)21(20)36-23(32)17(26)10-13-3-7-15(29)8-4-13/h1-8,16-21,24,27-30,33H,9-11,25-26H2/t16-,17-,18+,19+,20-,21+,24?/m0/s1. The molecule has 0 spiro atoms. The molecule has 1 aliphatic heterocycles. The summed E-state index contributed by atoms with van der Waals surface area (Å²) in [6.07, 6.45) is -8.04. The smallest absolute Gasteiger partial charge is 0.323 e. The summed E-state index contributed by atoms with van der Waals surface area (Å²) in [4.78, 5) is 25.3. The Morgan fingerprint density at radius 3 is 1.64 bits per heavy atom. The van der Waals surface area contributed by atoms with Crippen LogP contribution in [0.4, 0.5) is 0 Å². The lowest BCUT2D eigenvalue weighted by Crippen LogP contribution is -2.62. The van der Waals surface area contributed by atoms with E-state index in [1.165, 1.54) is 24.3 Å². The number of carbonyl (C=O) groups is 2. The highest BCUT2D eigenvalue weighted by Crippen LogP contribution is 2.26. The van der Waals surface area contributed by atoms with Gasteiger partial charge in [0, 0.05) is 0 Å². The Morgan fingerprint density at radius 1 is 0.806 bits per heavy atom. The highest BCUT2D eigenvalue weighted by Gasteiger charge is 2.49. The van der Waals surface area contributed by atoms with Crippen LogP contribution >= 0.6 is 0 Å². The lowest BCUT2D eigenvalue weighted by atomic mass is 9.98. The van der Waals surface area contributed by atoms with E-state index < -0.39 is 61.3 Å². The van der Waals surface area contributed by atoms with Crippen LogP contribution in [0.3, 0.4) is 0 Å². The summed E-state index contributed by atoms with van der Waals surface area (Å²) in [6.45, 7) is -0.715. The maximum Gasteiger partial charge on any atom is 0.323 e.